The lowest BCUT2D eigenvalue weighted by Gasteiger charge is -2.18. The first-order valence-corrected chi connectivity index (χ1v) is 8.57. The van der Waals surface area contributed by atoms with Crippen LogP contribution < -0.4 is 10.2 Å². The van der Waals surface area contributed by atoms with Crippen LogP contribution in [0.25, 0.3) is 0 Å². The molecule has 0 aliphatic carbocycles. The number of urea groups is 1. The summed E-state index contributed by atoms with van der Waals surface area (Å²) in [6.07, 6.45) is 0. The summed E-state index contributed by atoms with van der Waals surface area (Å²) in [7, 11) is 0. The summed E-state index contributed by atoms with van der Waals surface area (Å²) in [4.78, 5) is 27.9. The SMILES string of the molecule is Cc1ccc(N2CCN(CC(=O)Nc3cc(Cl)cc(Cl)c3)C2=O)cc1. The van der Waals surface area contributed by atoms with Crippen LogP contribution in [0.15, 0.2) is 42.5 Å². The van der Waals surface area contributed by atoms with Gasteiger partial charge in [0, 0.05) is 34.5 Å². The summed E-state index contributed by atoms with van der Waals surface area (Å²) in [5, 5.41) is 3.58. The Morgan fingerprint density at radius 3 is 2.36 bits per heavy atom. The van der Waals surface area contributed by atoms with Gasteiger partial charge in [-0.05, 0) is 37.3 Å². The Morgan fingerprint density at radius 1 is 1.08 bits per heavy atom. The third kappa shape index (κ3) is 4.24. The minimum Gasteiger partial charge on any atom is -0.324 e. The standard InChI is InChI=1S/C18H17Cl2N3O2/c1-12-2-4-16(5-3-12)23-7-6-22(18(23)25)11-17(24)21-15-9-13(19)8-14(20)10-15/h2-5,8-10H,6-7,11H2,1H3,(H,21,24). The minimum absolute atomic E-state index is 0.0225. The number of aryl methyl sites for hydroxylation is 1. The van der Waals surface area contributed by atoms with Crippen molar-refractivity contribution in [2.24, 2.45) is 0 Å². The van der Waals surface area contributed by atoms with Gasteiger partial charge in [0.15, 0.2) is 0 Å². The van der Waals surface area contributed by atoms with Crippen molar-refractivity contribution >= 4 is 46.5 Å². The molecular weight excluding hydrogens is 361 g/mol. The number of benzene rings is 2. The smallest absolute Gasteiger partial charge is 0.324 e. The molecule has 2 aromatic carbocycles. The van der Waals surface area contributed by atoms with E-state index in [0.29, 0.717) is 28.8 Å². The maximum atomic E-state index is 12.5. The largest absolute Gasteiger partial charge is 0.325 e. The van der Waals surface area contributed by atoms with E-state index in [-0.39, 0.29) is 18.5 Å². The fourth-order valence-electron chi connectivity index (χ4n) is 2.69. The van der Waals surface area contributed by atoms with Gasteiger partial charge in [0.1, 0.15) is 6.54 Å². The lowest BCUT2D eigenvalue weighted by Crippen LogP contribution is -2.37. The molecule has 1 aliphatic heterocycles. The molecule has 0 aromatic heterocycles. The topological polar surface area (TPSA) is 52.6 Å². The molecule has 0 unspecified atom stereocenters. The number of halogens is 2. The first-order valence-electron chi connectivity index (χ1n) is 7.81. The number of nitrogens with zero attached hydrogens (tertiary/aromatic N) is 2. The first-order chi connectivity index (χ1) is 11.9. The molecule has 2 aromatic rings. The van der Waals surface area contributed by atoms with Crippen LogP contribution in [0.4, 0.5) is 16.2 Å². The number of amides is 3. The van der Waals surface area contributed by atoms with Crippen LogP contribution in [0.3, 0.4) is 0 Å². The predicted octanol–water partition coefficient (Wildman–Crippen LogP) is 4.18. The lowest BCUT2D eigenvalue weighted by atomic mass is 10.2. The van der Waals surface area contributed by atoms with Crippen LogP contribution >= 0.6 is 23.2 Å². The van der Waals surface area contributed by atoms with Crippen molar-refractivity contribution in [3.05, 3.63) is 58.1 Å². The van der Waals surface area contributed by atoms with Gasteiger partial charge in [-0.15, -0.1) is 0 Å². The monoisotopic (exact) mass is 377 g/mol. The Hall–Kier alpha value is -2.24. The van der Waals surface area contributed by atoms with Gasteiger partial charge in [0.25, 0.3) is 0 Å². The van der Waals surface area contributed by atoms with Gasteiger partial charge in [-0.25, -0.2) is 4.79 Å². The van der Waals surface area contributed by atoms with Crippen molar-refractivity contribution in [3.63, 3.8) is 0 Å². The number of carbonyl (C=O) groups excluding carboxylic acids is 2. The van der Waals surface area contributed by atoms with Gasteiger partial charge < -0.3 is 10.2 Å². The minimum atomic E-state index is -0.294. The molecule has 130 valence electrons. The molecule has 3 rings (SSSR count). The van der Waals surface area contributed by atoms with E-state index in [1.54, 1.807) is 23.1 Å². The molecule has 1 saturated heterocycles. The van der Waals surface area contributed by atoms with Crippen molar-refractivity contribution in [2.45, 2.75) is 6.92 Å². The summed E-state index contributed by atoms with van der Waals surface area (Å²) >= 11 is 11.8. The third-order valence-electron chi connectivity index (χ3n) is 3.92. The second-order valence-electron chi connectivity index (χ2n) is 5.90. The molecule has 1 heterocycles. The molecule has 1 fully saturated rings. The second-order valence-corrected chi connectivity index (χ2v) is 6.77. The number of rotatable bonds is 4. The summed E-state index contributed by atoms with van der Waals surface area (Å²) in [5.41, 5.74) is 2.47. The van der Waals surface area contributed by atoms with Crippen LogP contribution in [0.2, 0.25) is 10.0 Å². The van der Waals surface area contributed by atoms with Crippen LogP contribution in [-0.4, -0.2) is 36.5 Å². The van der Waals surface area contributed by atoms with Crippen LogP contribution in [0, 0.1) is 6.92 Å². The van der Waals surface area contributed by atoms with Gasteiger partial charge in [0.2, 0.25) is 5.91 Å². The molecule has 0 bridgehead atoms. The number of nitrogens with one attached hydrogen (secondary N) is 1. The number of hydrogen-bond acceptors (Lipinski definition) is 2. The Labute approximate surface area is 156 Å². The van der Waals surface area contributed by atoms with Crippen molar-refractivity contribution in [1.82, 2.24) is 4.90 Å². The van der Waals surface area contributed by atoms with Gasteiger partial charge in [0.05, 0.1) is 0 Å². The third-order valence-corrected chi connectivity index (χ3v) is 4.36. The quantitative estimate of drug-likeness (QED) is 0.868. The molecular formula is C18H17Cl2N3O2. The number of carbonyl (C=O) groups is 2. The van der Waals surface area contributed by atoms with E-state index in [2.05, 4.69) is 5.32 Å². The Morgan fingerprint density at radius 2 is 1.72 bits per heavy atom. The Bertz CT molecular complexity index is 788. The van der Waals surface area contributed by atoms with E-state index >= 15 is 0 Å². The van der Waals surface area contributed by atoms with E-state index in [9.17, 15) is 9.59 Å². The van der Waals surface area contributed by atoms with Crippen molar-refractivity contribution < 1.29 is 9.59 Å². The van der Waals surface area contributed by atoms with Crippen LogP contribution in [0.1, 0.15) is 5.56 Å². The Balaban J connectivity index is 1.62. The molecule has 7 heteroatoms. The normalized spacial score (nSPS) is 14.1. The molecule has 0 saturated carbocycles. The van der Waals surface area contributed by atoms with Gasteiger partial charge in [-0.3, -0.25) is 9.69 Å². The predicted molar refractivity (Wildman–Crippen MR) is 101 cm³/mol. The maximum Gasteiger partial charge on any atom is 0.325 e. The van der Waals surface area contributed by atoms with E-state index < -0.39 is 0 Å². The highest BCUT2D eigenvalue weighted by molar-refractivity contribution is 6.35. The van der Waals surface area contributed by atoms with Crippen LogP contribution in [0.5, 0.6) is 0 Å². The number of hydrogen-bond donors (Lipinski definition) is 1. The van der Waals surface area contributed by atoms with E-state index in [1.807, 2.05) is 31.2 Å². The van der Waals surface area contributed by atoms with Gasteiger partial charge >= 0.3 is 6.03 Å². The zero-order valence-corrected chi connectivity index (χ0v) is 15.1. The fraction of sp³-hybridized carbons (Fsp3) is 0.222. The number of anilines is 2. The Kier molecular flexibility index (Phi) is 5.16. The van der Waals surface area contributed by atoms with E-state index in [4.69, 9.17) is 23.2 Å². The highest BCUT2D eigenvalue weighted by atomic mass is 35.5. The highest BCUT2D eigenvalue weighted by Crippen LogP contribution is 2.23. The molecule has 0 spiro atoms. The second kappa shape index (κ2) is 7.33. The molecule has 25 heavy (non-hydrogen) atoms. The van der Waals surface area contributed by atoms with E-state index in [1.165, 1.54) is 4.90 Å². The summed E-state index contributed by atoms with van der Waals surface area (Å²) in [6.45, 7) is 3.02. The highest BCUT2D eigenvalue weighted by Gasteiger charge is 2.30. The molecule has 1 aliphatic rings. The average Bonchev–Trinajstić information content (AvgIpc) is 2.88. The zero-order chi connectivity index (χ0) is 18.0. The molecule has 3 amide bonds. The fourth-order valence-corrected chi connectivity index (χ4v) is 3.22. The van der Waals surface area contributed by atoms with Crippen molar-refractivity contribution in [1.29, 1.82) is 0 Å². The zero-order valence-electron chi connectivity index (χ0n) is 13.6. The summed E-state index contributed by atoms with van der Waals surface area (Å²) in [6, 6.07) is 12.4. The molecule has 1 N–H and O–H groups in total. The van der Waals surface area contributed by atoms with Crippen LogP contribution in [-0.2, 0) is 4.79 Å². The molecule has 0 atom stereocenters. The lowest BCUT2D eigenvalue weighted by molar-refractivity contribution is -0.116. The molecule has 5 nitrogen and oxygen atoms in total. The van der Waals surface area contributed by atoms with Crippen molar-refractivity contribution in [2.75, 3.05) is 29.9 Å². The summed E-state index contributed by atoms with van der Waals surface area (Å²) < 4.78 is 0. The van der Waals surface area contributed by atoms with Crippen molar-refractivity contribution in [3.8, 4) is 0 Å². The van der Waals surface area contributed by atoms with Gasteiger partial charge in [-0.2, -0.15) is 0 Å². The average molecular weight is 378 g/mol. The first kappa shape index (κ1) is 17.6. The van der Waals surface area contributed by atoms with Gasteiger partial charge in [-0.1, -0.05) is 40.9 Å². The maximum absolute atomic E-state index is 12.5. The summed E-state index contributed by atoms with van der Waals surface area (Å²) in [5.74, 6) is -0.294. The van der Waals surface area contributed by atoms with E-state index in [0.717, 1.165) is 11.3 Å². The molecule has 0 radical (unpaired) electrons.